The van der Waals surface area contributed by atoms with Crippen molar-refractivity contribution in [1.82, 2.24) is 9.80 Å². The number of likely N-dealkylation sites (tertiary alicyclic amines) is 1. The van der Waals surface area contributed by atoms with Crippen molar-refractivity contribution in [1.29, 1.82) is 0 Å². The second-order valence-electron chi connectivity index (χ2n) is 7.27. The van der Waals surface area contributed by atoms with E-state index in [0.717, 1.165) is 4.90 Å². The third kappa shape index (κ3) is 5.65. The van der Waals surface area contributed by atoms with Crippen molar-refractivity contribution >= 4 is 29.4 Å². The summed E-state index contributed by atoms with van der Waals surface area (Å²) in [5, 5.41) is 2.67. The molecule has 0 spiro atoms. The highest BCUT2D eigenvalue weighted by Gasteiger charge is 2.37. The molecular formula is C22H25N3O7. The molecule has 0 radical (unpaired) electrons. The standard InChI is InChI=1S/C22H25N3O7/c1-24(13-19(26)23-15-6-3-7-16(12-15)30-2)20(27)14-32-22(29)17-8-4-10-25(17)21(28)18-9-5-11-31-18/h3,5-7,9,11-12,17H,4,8,10,13-14H2,1-2H3,(H,23,26)/t17-/m0/s1. The molecule has 0 saturated carbocycles. The summed E-state index contributed by atoms with van der Waals surface area (Å²) in [6, 6.07) is 9.16. The van der Waals surface area contributed by atoms with Crippen LogP contribution in [-0.2, 0) is 19.1 Å². The number of amides is 3. The largest absolute Gasteiger partial charge is 0.497 e. The van der Waals surface area contributed by atoms with Crippen molar-refractivity contribution in [2.75, 3.05) is 39.2 Å². The molecule has 3 amide bonds. The Kier molecular flexibility index (Phi) is 7.48. The number of nitrogens with zero attached hydrogens (tertiary/aromatic N) is 2. The van der Waals surface area contributed by atoms with E-state index in [2.05, 4.69) is 5.32 Å². The van der Waals surface area contributed by atoms with Crippen LogP contribution in [0.25, 0.3) is 0 Å². The highest BCUT2D eigenvalue weighted by atomic mass is 16.5. The van der Waals surface area contributed by atoms with Gasteiger partial charge in [0.15, 0.2) is 12.4 Å². The molecule has 1 aromatic carbocycles. The summed E-state index contributed by atoms with van der Waals surface area (Å²) in [4.78, 5) is 52.0. The fourth-order valence-electron chi connectivity index (χ4n) is 3.34. The van der Waals surface area contributed by atoms with Crippen LogP contribution in [0.5, 0.6) is 5.75 Å². The summed E-state index contributed by atoms with van der Waals surface area (Å²) in [5.41, 5.74) is 0.532. The number of ether oxygens (including phenoxy) is 2. The van der Waals surface area contributed by atoms with Gasteiger partial charge in [-0.15, -0.1) is 0 Å². The number of hydrogen-bond acceptors (Lipinski definition) is 7. The number of rotatable bonds is 8. The molecule has 1 aliphatic heterocycles. The van der Waals surface area contributed by atoms with Crippen LogP contribution in [0.4, 0.5) is 5.69 Å². The van der Waals surface area contributed by atoms with Gasteiger partial charge in [-0.3, -0.25) is 14.4 Å². The van der Waals surface area contributed by atoms with Gasteiger partial charge in [-0.1, -0.05) is 6.07 Å². The molecule has 1 N–H and O–H groups in total. The first-order chi connectivity index (χ1) is 15.4. The highest BCUT2D eigenvalue weighted by molar-refractivity contribution is 5.96. The second-order valence-corrected chi connectivity index (χ2v) is 7.27. The van der Waals surface area contributed by atoms with Crippen molar-refractivity contribution in [3.05, 3.63) is 48.4 Å². The van der Waals surface area contributed by atoms with E-state index in [0.29, 0.717) is 30.8 Å². The van der Waals surface area contributed by atoms with Crippen molar-refractivity contribution in [2.24, 2.45) is 0 Å². The Balaban J connectivity index is 1.47. The van der Waals surface area contributed by atoms with Crippen molar-refractivity contribution < 1.29 is 33.1 Å². The molecule has 10 heteroatoms. The van der Waals surface area contributed by atoms with E-state index in [-0.39, 0.29) is 12.3 Å². The van der Waals surface area contributed by atoms with Crippen LogP contribution in [0.15, 0.2) is 47.1 Å². The Morgan fingerprint density at radius 3 is 2.75 bits per heavy atom. The maximum atomic E-state index is 12.5. The molecule has 3 rings (SSSR count). The van der Waals surface area contributed by atoms with E-state index in [4.69, 9.17) is 13.9 Å². The molecule has 0 bridgehead atoms. The molecule has 0 aliphatic carbocycles. The number of carbonyl (C=O) groups is 4. The zero-order valence-corrected chi connectivity index (χ0v) is 17.9. The number of likely N-dealkylation sites (N-methyl/N-ethyl adjacent to an activating group) is 1. The fourth-order valence-corrected chi connectivity index (χ4v) is 3.34. The van der Waals surface area contributed by atoms with Crippen LogP contribution in [0.2, 0.25) is 0 Å². The molecule has 1 atom stereocenters. The van der Waals surface area contributed by atoms with Gasteiger partial charge in [0.05, 0.1) is 19.9 Å². The van der Waals surface area contributed by atoms with E-state index in [9.17, 15) is 19.2 Å². The number of methoxy groups -OCH3 is 1. The molecule has 170 valence electrons. The molecule has 1 aromatic heterocycles. The number of nitrogens with one attached hydrogen (secondary N) is 1. The number of furan rings is 1. The van der Waals surface area contributed by atoms with Crippen LogP contribution >= 0.6 is 0 Å². The van der Waals surface area contributed by atoms with Gasteiger partial charge in [-0.05, 0) is 37.1 Å². The third-order valence-corrected chi connectivity index (χ3v) is 5.02. The van der Waals surface area contributed by atoms with Gasteiger partial charge in [0.2, 0.25) is 5.91 Å². The van der Waals surface area contributed by atoms with E-state index in [1.165, 1.54) is 31.4 Å². The Morgan fingerprint density at radius 2 is 2.03 bits per heavy atom. The summed E-state index contributed by atoms with van der Waals surface area (Å²) >= 11 is 0. The Bertz CT molecular complexity index is 974. The minimum absolute atomic E-state index is 0.141. The number of benzene rings is 1. The smallest absolute Gasteiger partial charge is 0.329 e. The van der Waals surface area contributed by atoms with Crippen molar-refractivity contribution in [3.63, 3.8) is 0 Å². The zero-order valence-electron chi connectivity index (χ0n) is 17.9. The van der Waals surface area contributed by atoms with Crippen LogP contribution in [0.3, 0.4) is 0 Å². The average molecular weight is 443 g/mol. The predicted molar refractivity (Wildman–Crippen MR) is 113 cm³/mol. The minimum atomic E-state index is -0.776. The molecule has 0 unspecified atom stereocenters. The molecular weight excluding hydrogens is 418 g/mol. The van der Waals surface area contributed by atoms with Crippen LogP contribution < -0.4 is 10.1 Å². The summed E-state index contributed by atoms with van der Waals surface area (Å²) in [6.45, 7) is -0.348. The Labute approximate surface area is 185 Å². The van der Waals surface area contributed by atoms with E-state index >= 15 is 0 Å². The summed E-state index contributed by atoms with van der Waals surface area (Å²) in [7, 11) is 2.95. The van der Waals surface area contributed by atoms with Gasteiger partial charge >= 0.3 is 5.97 Å². The number of carbonyl (C=O) groups excluding carboxylic acids is 4. The number of hydrogen-bond donors (Lipinski definition) is 1. The SMILES string of the molecule is COc1cccc(NC(=O)CN(C)C(=O)COC(=O)[C@@H]2CCCN2C(=O)c2ccco2)c1. The molecule has 10 nitrogen and oxygen atoms in total. The quantitative estimate of drug-likeness (QED) is 0.615. The van der Waals surface area contributed by atoms with Crippen LogP contribution in [0, 0.1) is 0 Å². The highest BCUT2D eigenvalue weighted by Crippen LogP contribution is 2.21. The molecule has 1 aliphatic rings. The van der Waals surface area contributed by atoms with Gasteiger partial charge in [0, 0.05) is 25.3 Å². The van der Waals surface area contributed by atoms with Gasteiger partial charge < -0.3 is 29.0 Å². The Hall–Kier alpha value is -3.82. The van der Waals surface area contributed by atoms with Crippen molar-refractivity contribution in [3.8, 4) is 5.75 Å². The zero-order chi connectivity index (χ0) is 23.1. The number of anilines is 1. The van der Waals surface area contributed by atoms with Crippen LogP contribution in [0.1, 0.15) is 23.4 Å². The van der Waals surface area contributed by atoms with Gasteiger partial charge in [-0.25, -0.2) is 4.79 Å². The lowest BCUT2D eigenvalue weighted by atomic mass is 10.2. The Morgan fingerprint density at radius 1 is 1.22 bits per heavy atom. The minimum Gasteiger partial charge on any atom is -0.497 e. The molecule has 2 heterocycles. The van der Waals surface area contributed by atoms with Gasteiger partial charge in [0.1, 0.15) is 11.8 Å². The fraction of sp³-hybridized carbons (Fsp3) is 0.364. The first kappa shape index (κ1) is 22.9. The lowest BCUT2D eigenvalue weighted by Gasteiger charge is -2.23. The topological polar surface area (TPSA) is 118 Å². The number of esters is 1. The lowest BCUT2D eigenvalue weighted by molar-refractivity contribution is -0.155. The van der Waals surface area contributed by atoms with E-state index < -0.39 is 36.3 Å². The normalized spacial score (nSPS) is 15.2. The summed E-state index contributed by atoms with van der Waals surface area (Å²) in [5.74, 6) is -1.28. The van der Waals surface area contributed by atoms with Gasteiger partial charge in [-0.2, -0.15) is 0 Å². The summed E-state index contributed by atoms with van der Waals surface area (Å²) < 4.78 is 15.3. The molecule has 32 heavy (non-hydrogen) atoms. The lowest BCUT2D eigenvalue weighted by Crippen LogP contribution is -2.43. The van der Waals surface area contributed by atoms with Gasteiger partial charge in [0.25, 0.3) is 11.8 Å². The predicted octanol–water partition coefficient (Wildman–Crippen LogP) is 1.53. The summed E-state index contributed by atoms with van der Waals surface area (Å²) in [6.07, 6.45) is 2.47. The first-order valence-corrected chi connectivity index (χ1v) is 10.1. The maximum Gasteiger partial charge on any atom is 0.329 e. The van der Waals surface area contributed by atoms with E-state index in [1.807, 2.05) is 0 Å². The molecule has 2 aromatic rings. The molecule has 1 fully saturated rings. The monoisotopic (exact) mass is 443 g/mol. The average Bonchev–Trinajstić information content (AvgIpc) is 3.49. The van der Waals surface area contributed by atoms with Crippen molar-refractivity contribution in [2.45, 2.75) is 18.9 Å². The molecule has 1 saturated heterocycles. The van der Waals surface area contributed by atoms with Crippen LogP contribution in [-0.4, -0.2) is 73.4 Å². The van der Waals surface area contributed by atoms with E-state index in [1.54, 1.807) is 30.3 Å². The second kappa shape index (κ2) is 10.5. The first-order valence-electron chi connectivity index (χ1n) is 10.1. The maximum absolute atomic E-state index is 12.5. The third-order valence-electron chi connectivity index (χ3n) is 5.02.